The summed E-state index contributed by atoms with van der Waals surface area (Å²) >= 11 is 0. The highest BCUT2D eigenvalue weighted by Crippen LogP contribution is 2.19. The molecule has 0 atom stereocenters. The fourth-order valence-electron chi connectivity index (χ4n) is 1.94. The molecule has 0 bridgehead atoms. The smallest absolute Gasteiger partial charge is 0.243 e. The lowest BCUT2D eigenvalue weighted by molar-refractivity contribution is 0.431. The van der Waals surface area contributed by atoms with E-state index in [4.69, 9.17) is 0 Å². The van der Waals surface area contributed by atoms with E-state index in [1.54, 1.807) is 6.92 Å². The minimum atomic E-state index is -3.57. The number of nitrogens with one attached hydrogen (secondary N) is 1. The first-order chi connectivity index (χ1) is 8.51. The number of nitrogens with zero attached hydrogens (tertiary/aromatic N) is 1. The predicted molar refractivity (Wildman–Crippen MR) is 74.6 cm³/mol. The van der Waals surface area contributed by atoms with Crippen LogP contribution in [0, 0.1) is 12.7 Å². The third kappa shape index (κ3) is 3.66. The van der Waals surface area contributed by atoms with Gasteiger partial charge in [-0.1, -0.05) is 6.07 Å². The maximum absolute atomic E-state index is 13.5. The zero-order valence-corrected chi connectivity index (χ0v) is 12.4. The molecule has 1 aliphatic heterocycles. The quantitative estimate of drug-likeness (QED) is 0.901. The Hall–Kier alpha value is -0.690. The lowest BCUT2D eigenvalue weighted by Crippen LogP contribution is -2.34. The molecule has 1 N–H and O–H groups in total. The van der Waals surface area contributed by atoms with Crippen molar-refractivity contribution < 1.29 is 12.8 Å². The van der Waals surface area contributed by atoms with Crippen molar-refractivity contribution in [3.63, 3.8) is 0 Å². The molecule has 0 radical (unpaired) electrons. The van der Waals surface area contributed by atoms with Gasteiger partial charge in [0.15, 0.2) is 0 Å². The second-order valence-corrected chi connectivity index (χ2v) is 6.36. The normalized spacial score (nSPS) is 17.6. The Kier molecular flexibility index (Phi) is 5.73. The molecule has 0 spiro atoms. The fraction of sp³-hybridized carbons (Fsp3) is 0.500. The van der Waals surface area contributed by atoms with Crippen LogP contribution in [-0.4, -0.2) is 38.9 Å². The highest BCUT2D eigenvalue weighted by molar-refractivity contribution is 7.89. The molecule has 0 amide bonds. The zero-order valence-electron chi connectivity index (χ0n) is 10.7. The van der Waals surface area contributed by atoms with Gasteiger partial charge in [0.05, 0.1) is 4.90 Å². The van der Waals surface area contributed by atoms with Crippen LogP contribution < -0.4 is 5.32 Å². The molecule has 0 aliphatic carbocycles. The van der Waals surface area contributed by atoms with Crippen molar-refractivity contribution >= 4 is 22.4 Å². The van der Waals surface area contributed by atoms with Crippen molar-refractivity contribution in [2.24, 2.45) is 0 Å². The second kappa shape index (κ2) is 6.65. The molecule has 1 aromatic carbocycles. The van der Waals surface area contributed by atoms with Crippen LogP contribution in [0.2, 0.25) is 0 Å². The Morgan fingerprint density at radius 3 is 2.68 bits per heavy atom. The van der Waals surface area contributed by atoms with Crippen molar-refractivity contribution in [2.75, 3.05) is 26.2 Å². The van der Waals surface area contributed by atoms with Gasteiger partial charge in [-0.15, -0.1) is 12.4 Å². The number of sulfonamides is 1. The van der Waals surface area contributed by atoms with E-state index >= 15 is 0 Å². The average molecular weight is 309 g/mol. The first-order valence-electron chi connectivity index (χ1n) is 5.99. The summed E-state index contributed by atoms with van der Waals surface area (Å²) in [5.74, 6) is -0.482. The van der Waals surface area contributed by atoms with Crippen molar-refractivity contribution in [2.45, 2.75) is 18.2 Å². The molecule has 0 saturated carbocycles. The maximum Gasteiger partial charge on any atom is 0.243 e. The Morgan fingerprint density at radius 2 is 2.00 bits per heavy atom. The van der Waals surface area contributed by atoms with Gasteiger partial charge in [0.25, 0.3) is 0 Å². The van der Waals surface area contributed by atoms with Crippen LogP contribution in [0.1, 0.15) is 12.0 Å². The van der Waals surface area contributed by atoms with Crippen molar-refractivity contribution in [1.82, 2.24) is 9.62 Å². The Bertz CT molecular complexity index is 529. The van der Waals surface area contributed by atoms with Crippen molar-refractivity contribution in [1.29, 1.82) is 0 Å². The van der Waals surface area contributed by atoms with Gasteiger partial charge in [0.1, 0.15) is 5.82 Å². The molecule has 0 aromatic heterocycles. The third-order valence-corrected chi connectivity index (χ3v) is 4.97. The maximum atomic E-state index is 13.5. The van der Waals surface area contributed by atoms with E-state index in [-0.39, 0.29) is 17.3 Å². The Labute approximate surface area is 119 Å². The lowest BCUT2D eigenvalue weighted by atomic mass is 10.2. The molecule has 1 fully saturated rings. The van der Waals surface area contributed by atoms with E-state index in [2.05, 4.69) is 5.32 Å². The molecule has 7 heteroatoms. The van der Waals surface area contributed by atoms with Crippen molar-refractivity contribution in [3.05, 3.63) is 29.6 Å². The fourth-order valence-corrected chi connectivity index (χ4v) is 3.44. The average Bonchev–Trinajstić information content (AvgIpc) is 2.61. The number of hydrogen-bond donors (Lipinski definition) is 1. The third-order valence-electron chi connectivity index (χ3n) is 3.08. The van der Waals surface area contributed by atoms with Gasteiger partial charge in [-0.25, -0.2) is 12.8 Å². The van der Waals surface area contributed by atoms with Gasteiger partial charge < -0.3 is 5.32 Å². The minimum absolute atomic E-state index is 0. The summed E-state index contributed by atoms with van der Waals surface area (Å²) in [7, 11) is -3.57. The SMILES string of the molecule is Cc1ccc(S(=O)(=O)N2CCCNCC2)cc1F.Cl. The van der Waals surface area contributed by atoms with E-state index in [1.165, 1.54) is 16.4 Å². The molecule has 1 saturated heterocycles. The summed E-state index contributed by atoms with van der Waals surface area (Å²) in [5, 5.41) is 3.14. The zero-order chi connectivity index (χ0) is 13.2. The molecule has 1 heterocycles. The van der Waals surface area contributed by atoms with E-state index < -0.39 is 15.8 Å². The summed E-state index contributed by atoms with van der Waals surface area (Å²) in [4.78, 5) is 0.0347. The highest BCUT2D eigenvalue weighted by atomic mass is 35.5. The number of hydrogen-bond acceptors (Lipinski definition) is 3. The topological polar surface area (TPSA) is 49.4 Å². The number of aryl methyl sites for hydroxylation is 1. The van der Waals surface area contributed by atoms with E-state index in [0.29, 0.717) is 25.2 Å². The van der Waals surface area contributed by atoms with Crippen LogP contribution in [0.25, 0.3) is 0 Å². The molecule has 108 valence electrons. The highest BCUT2D eigenvalue weighted by Gasteiger charge is 2.25. The molecule has 2 rings (SSSR count). The summed E-state index contributed by atoms with van der Waals surface area (Å²) in [5.41, 5.74) is 0.450. The van der Waals surface area contributed by atoms with E-state index in [9.17, 15) is 12.8 Å². The minimum Gasteiger partial charge on any atom is -0.315 e. The number of halogens is 2. The van der Waals surface area contributed by atoms with Crippen LogP contribution in [0.5, 0.6) is 0 Å². The molecule has 19 heavy (non-hydrogen) atoms. The van der Waals surface area contributed by atoms with Gasteiger partial charge in [-0.05, 0) is 37.6 Å². The van der Waals surface area contributed by atoms with Crippen molar-refractivity contribution in [3.8, 4) is 0 Å². The van der Waals surface area contributed by atoms with Gasteiger partial charge >= 0.3 is 0 Å². The van der Waals surface area contributed by atoms with Gasteiger partial charge in [0, 0.05) is 19.6 Å². The van der Waals surface area contributed by atoms with Gasteiger partial charge in [-0.2, -0.15) is 4.31 Å². The molecular formula is C12H18ClFN2O2S. The summed E-state index contributed by atoms with van der Waals surface area (Å²) in [6, 6.07) is 4.06. The Balaban J connectivity index is 0.00000180. The predicted octanol–water partition coefficient (Wildman–Crippen LogP) is 1.54. The molecule has 0 unspecified atom stereocenters. The van der Waals surface area contributed by atoms with E-state index in [1.807, 2.05) is 0 Å². The first-order valence-corrected chi connectivity index (χ1v) is 7.43. The molecular weight excluding hydrogens is 291 g/mol. The van der Waals surface area contributed by atoms with E-state index in [0.717, 1.165) is 19.0 Å². The lowest BCUT2D eigenvalue weighted by Gasteiger charge is -2.19. The number of benzene rings is 1. The van der Waals surface area contributed by atoms with Crippen LogP contribution in [0.15, 0.2) is 23.1 Å². The van der Waals surface area contributed by atoms with Crippen LogP contribution >= 0.6 is 12.4 Å². The second-order valence-electron chi connectivity index (χ2n) is 4.42. The van der Waals surface area contributed by atoms with Crippen LogP contribution in [0.3, 0.4) is 0 Å². The molecule has 4 nitrogen and oxygen atoms in total. The first kappa shape index (κ1) is 16.4. The molecule has 1 aromatic rings. The largest absolute Gasteiger partial charge is 0.315 e. The monoisotopic (exact) mass is 308 g/mol. The van der Waals surface area contributed by atoms with Gasteiger partial charge in [0.2, 0.25) is 10.0 Å². The summed E-state index contributed by atoms with van der Waals surface area (Å²) in [6.07, 6.45) is 0.771. The van der Waals surface area contributed by atoms with Crippen LogP contribution in [-0.2, 0) is 10.0 Å². The standard InChI is InChI=1S/C12H17FN2O2S.ClH/c1-10-3-4-11(9-12(10)13)18(16,17)15-7-2-5-14-6-8-15;/h3-4,9,14H,2,5-8H2,1H3;1H. The Morgan fingerprint density at radius 1 is 1.26 bits per heavy atom. The summed E-state index contributed by atoms with van der Waals surface area (Å²) < 4.78 is 39.5. The van der Waals surface area contributed by atoms with Gasteiger partial charge in [-0.3, -0.25) is 0 Å². The summed E-state index contributed by atoms with van der Waals surface area (Å²) in [6.45, 7) is 3.96. The molecule has 1 aliphatic rings. The number of rotatable bonds is 2. The van der Waals surface area contributed by atoms with Crippen LogP contribution in [0.4, 0.5) is 4.39 Å².